The number of nitrogens with zero attached hydrogens (tertiary/aromatic N) is 1. The van der Waals surface area contributed by atoms with Crippen molar-refractivity contribution in [3.05, 3.63) is 60.2 Å². The summed E-state index contributed by atoms with van der Waals surface area (Å²) in [5, 5.41) is 5.71. The third kappa shape index (κ3) is 5.22. The van der Waals surface area contributed by atoms with Crippen molar-refractivity contribution in [1.82, 2.24) is 15.6 Å². The molecular formula is C18H22FN3O2. The van der Waals surface area contributed by atoms with Gasteiger partial charge in [-0.15, -0.1) is 0 Å². The van der Waals surface area contributed by atoms with Gasteiger partial charge in [-0.2, -0.15) is 0 Å². The SMILES string of the molecule is CC[C@@H](NC(=O)N[C@@H](C)COc1ccccc1F)c1ccncc1. The summed E-state index contributed by atoms with van der Waals surface area (Å²) in [6, 6.07) is 9.29. The first kappa shape index (κ1) is 17.7. The van der Waals surface area contributed by atoms with Crippen molar-refractivity contribution >= 4 is 6.03 Å². The van der Waals surface area contributed by atoms with Gasteiger partial charge < -0.3 is 15.4 Å². The van der Waals surface area contributed by atoms with Gasteiger partial charge in [-0.3, -0.25) is 4.98 Å². The zero-order valence-electron chi connectivity index (χ0n) is 13.8. The molecule has 0 aliphatic carbocycles. The number of ether oxygens (including phenoxy) is 1. The molecule has 0 saturated carbocycles. The summed E-state index contributed by atoms with van der Waals surface area (Å²) in [5.74, 6) is -0.243. The van der Waals surface area contributed by atoms with Crippen LogP contribution in [-0.2, 0) is 0 Å². The number of carbonyl (C=O) groups is 1. The summed E-state index contributed by atoms with van der Waals surface area (Å²) < 4.78 is 18.9. The van der Waals surface area contributed by atoms with Gasteiger partial charge in [0.25, 0.3) is 0 Å². The molecule has 0 spiro atoms. The molecule has 0 radical (unpaired) electrons. The smallest absolute Gasteiger partial charge is 0.315 e. The van der Waals surface area contributed by atoms with Crippen LogP contribution in [0.3, 0.4) is 0 Å². The van der Waals surface area contributed by atoms with Crippen LogP contribution < -0.4 is 15.4 Å². The van der Waals surface area contributed by atoms with Gasteiger partial charge in [-0.05, 0) is 43.2 Å². The number of aromatic nitrogens is 1. The summed E-state index contributed by atoms with van der Waals surface area (Å²) in [7, 11) is 0. The fourth-order valence-corrected chi connectivity index (χ4v) is 2.26. The maximum absolute atomic E-state index is 13.5. The predicted molar refractivity (Wildman–Crippen MR) is 90.3 cm³/mol. The normalized spacial score (nSPS) is 13.0. The van der Waals surface area contributed by atoms with Crippen molar-refractivity contribution in [2.75, 3.05) is 6.61 Å². The van der Waals surface area contributed by atoms with E-state index < -0.39 is 5.82 Å². The highest BCUT2D eigenvalue weighted by Crippen LogP contribution is 2.16. The Morgan fingerprint density at radius 3 is 2.58 bits per heavy atom. The first-order chi connectivity index (χ1) is 11.6. The lowest BCUT2D eigenvalue weighted by Gasteiger charge is -2.20. The Morgan fingerprint density at radius 1 is 1.21 bits per heavy atom. The van der Waals surface area contributed by atoms with Crippen LogP contribution in [0.4, 0.5) is 9.18 Å². The molecule has 2 N–H and O–H groups in total. The van der Waals surface area contributed by atoms with E-state index in [1.54, 1.807) is 37.5 Å². The molecule has 24 heavy (non-hydrogen) atoms. The number of benzene rings is 1. The van der Waals surface area contributed by atoms with Crippen LogP contribution in [0.1, 0.15) is 31.9 Å². The standard InChI is InChI=1S/C18H22FN3O2/c1-3-16(14-8-10-20-11-9-14)22-18(23)21-13(2)12-24-17-7-5-4-6-15(17)19/h4-11,13,16H,3,12H2,1-2H3,(H2,21,22,23)/t13-,16+/m0/s1. The van der Waals surface area contributed by atoms with Gasteiger partial charge in [0, 0.05) is 12.4 Å². The Hall–Kier alpha value is -2.63. The molecule has 1 heterocycles. The van der Waals surface area contributed by atoms with Gasteiger partial charge in [0.05, 0.1) is 12.1 Å². The van der Waals surface area contributed by atoms with E-state index in [9.17, 15) is 9.18 Å². The molecule has 2 aromatic rings. The number of hydrogen-bond donors (Lipinski definition) is 2. The van der Waals surface area contributed by atoms with Crippen LogP contribution in [0.15, 0.2) is 48.8 Å². The van der Waals surface area contributed by atoms with Crippen molar-refractivity contribution in [3.8, 4) is 5.75 Å². The molecule has 1 aromatic carbocycles. The van der Waals surface area contributed by atoms with Crippen LogP contribution in [0.2, 0.25) is 0 Å². The molecule has 1 aromatic heterocycles. The molecule has 2 rings (SSSR count). The average Bonchev–Trinajstić information content (AvgIpc) is 2.59. The number of amides is 2. The number of para-hydroxylation sites is 1. The van der Waals surface area contributed by atoms with E-state index >= 15 is 0 Å². The number of halogens is 1. The summed E-state index contributed by atoms with van der Waals surface area (Å²) in [6.45, 7) is 3.98. The first-order valence-corrected chi connectivity index (χ1v) is 7.94. The Bertz CT molecular complexity index is 652. The summed E-state index contributed by atoms with van der Waals surface area (Å²) in [5.41, 5.74) is 0.998. The Labute approximate surface area is 141 Å². The highest BCUT2D eigenvalue weighted by atomic mass is 19.1. The molecule has 0 aliphatic heterocycles. The van der Waals surface area contributed by atoms with Crippen molar-refractivity contribution in [2.45, 2.75) is 32.4 Å². The van der Waals surface area contributed by atoms with Gasteiger partial charge in [0.15, 0.2) is 11.6 Å². The number of hydrogen-bond acceptors (Lipinski definition) is 3. The van der Waals surface area contributed by atoms with E-state index in [2.05, 4.69) is 15.6 Å². The molecule has 2 atom stereocenters. The van der Waals surface area contributed by atoms with Gasteiger partial charge in [0.2, 0.25) is 0 Å². The first-order valence-electron chi connectivity index (χ1n) is 7.94. The van der Waals surface area contributed by atoms with Crippen LogP contribution in [-0.4, -0.2) is 23.7 Å². The minimum atomic E-state index is -0.419. The molecule has 0 fully saturated rings. The maximum Gasteiger partial charge on any atom is 0.315 e. The number of pyridine rings is 1. The zero-order chi connectivity index (χ0) is 17.4. The second-order valence-corrected chi connectivity index (χ2v) is 5.50. The van der Waals surface area contributed by atoms with E-state index in [1.165, 1.54) is 6.07 Å². The largest absolute Gasteiger partial charge is 0.488 e. The van der Waals surface area contributed by atoms with Crippen LogP contribution >= 0.6 is 0 Å². The molecule has 6 heteroatoms. The summed E-state index contributed by atoms with van der Waals surface area (Å²) in [6.07, 6.45) is 4.16. The van der Waals surface area contributed by atoms with E-state index in [4.69, 9.17) is 4.74 Å². The predicted octanol–water partition coefficient (Wildman–Crippen LogP) is 3.44. The van der Waals surface area contributed by atoms with Crippen molar-refractivity contribution in [1.29, 1.82) is 0 Å². The zero-order valence-corrected chi connectivity index (χ0v) is 13.8. The maximum atomic E-state index is 13.5. The van der Waals surface area contributed by atoms with E-state index in [-0.39, 0.29) is 30.5 Å². The van der Waals surface area contributed by atoms with E-state index in [0.29, 0.717) is 0 Å². The van der Waals surface area contributed by atoms with Crippen molar-refractivity contribution in [2.24, 2.45) is 0 Å². The molecule has 0 saturated heterocycles. The number of nitrogens with one attached hydrogen (secondary N) is 2. The lowest BCUT2D eigenvalue weighted by atomic mass is 10.1. The Kier molecular flexibility index (Phi) is 6.54. The molecule has 0 bridgehead atoms. The number of urea groups is 1. The fourth-order valence-electron chi connectivity index (χ4n) is 2.26. The van der Waals surface area contributed by atoms with Gasteiger partial charge >= 0.3 is 6.03 Å². The van der Waals surface area contributed by atoms with Crippen LogP contribution in [0.25, 0.3) is 0 Å². The lowest BCUT2D eigenvalue weighted by Crippen LogP contribution is -2.44. The van der Waals surface area contributed by atoms with Crippen molar-refractivity contribution < 1.29 is 13.9 Å². The van der Waals surface area contributed by atoms with Crippen LogP contribution in [0, 0.1) is 5.82 Å². The molecular weight excluding hydrogens is 309 g/mol. The highest BCUT2D eigenvalue weighted by Gasteiger charge is 2.14. The third-order valence-electron chi connectivity index (χ3n) is 3.53. The monoisotopic (exact) mass is 331 g/mol. The number of rotatable bonds is 7. The minimum absolute atomic E-state index is 0.0901. The van der Waals surface area contributed by atoms with Gasteiger partial charge in [-0.1, -0.05) is 19.1 Å². The van der Waals surface area contributed by atoms with Crippen LogP contribution in [0.5, 0.6) is 5.75 Å². The molecule has 0 unspecified atom stereocenters. The number of carbonyl (C=O) groups excluding carboxylic acids is 1. The van der Waals surface area contributed by atoms with Crippen molar-refractivity contribution in [3.63, 3.8) is 0 Å². The topological polar surface area (TPSA) is 63.2 Å². The van der Waals surface area contributed by atoms with E-state index in [1.807, 2.05) is 19.1 Å². The fraction of sp³-hybridized carbons (Fsp3) is 0.333. The van der Waals surface area contributed by atoms with E-state index in [0.717, 1.165) is 12.0 Å². The molecule has 5 nitrogen and oxygen atoms in total. The average molecular weight is 331 g/mol. The summed E-state index contributed by atoms with van der Waals surface area (Å²) >= 11 is 0. The Balaban J connectivity index is 1.82. The molecule has 0 aliphatic rings. The summed E-state index contributed by atoms with van der Waals surface area (Å²) in [4.78, 5) is 16.1. The second kappa shape index (κ2) is 8.86. The molecule has 128 valence electrons. The molecule has 2 amide bonds. The lowest BCUT2D eigenvalue weighted by molar-refractivity contribution is 0.221. The quantitative estimate of drug-likeness (QED) is 0.817. The van der Waals surface area contributed by atoms with Gasteiger partial charge in [0.1, 0.15) is 6.61 Å². The second-order valence-electron chi connectivity index (χ2n) is 5.50. The third-order valence-corrected chi connectivity index (χ3v) is 3.53. The van der Waals surface area contributed by atoms with Gasteiger partial charge in [-0.25, -0.2) is 9.18 Å². The highest BCUT2D eigenvalue weighted by molar-refractivity contribution is 5.74. The minimum Gasteiger partial charge on any atom is -0.488 e. The Morgan fingerprint density at radius 2 is 1.92 bits per heavy atom.